The van der Waals surface area contributed by atoms with Gasteiger partial charge >= 0.3 is 5.97 Å². The van der Waals surface area contributed by atoms with Gasteiger partial charge in [0.2, 0.25) is 0 Å². The number of carboxylic acid groups (broad SMARTS) is 1. The number of nitrogens with one attached hydrogen (secondary N) is 2. The number of H-pyrrole nitrogens is 1. The summed E-state index contributed by atoms with van der Waals surface area (Å²) in [6.45, 7) is 0.326. The second kappa shape index (κ2) is 6.33. The minimum Gasteiger partial charge on any atom is -0.478 e. The zero-order valence-corrected chi connectivity index (χ0v) is 10.5. The molecule has 1 aromatic carbocycles. The van der Waals surface area contributed by atoms with Gasteiger partial charge < -0.3 is 15.4 Å². The van der Waals surface area contributed by atoms with Crippen molar-refractivity contribution in [3.63, 3.8) is 0 Å². The summed E-state index contributed by atoms with van der Waals surface area (Å²) in [4.78, 5) is 29.1. The Morgan fingerprint density at radius 1 is 1.30 bits per heavy atom. The van der Waals surface area contributed by atoms with Gasteiger partial charge in [0, 0.05) is 24.0 Å². The van der Waals surface area contributed by atoms with Crippen LogP contribution in [0.5, 0.6) is 0 Å². The summed E-state index contributed by atoms with van der Waals surface area (Å²) < 4.78 is 0. The van der Waals surface area contributed by atoms with Crippen LogP contribution >= 0.6 is 0 Å². The molecule has 0 unspecified atom stereocenters. The van der Waals surface area contributed by atoms with Crippen molar-refractivity contribution in [2.45, 2.75) is 6.54 Å². The molecule has 3 N–H and O–H groups in total. The van der Waals surface area contributed by atoms with Crippen LogP contribution in [0.4, 0.5) is 0 Å². The predicted molar refractivity (Wildman–Crippen MR) is 72.9 cm³/mol. The van der Waals surface area contributed by atoms with Gasteiger partial charge in [-0.2, -0.15) is 0 Å². The first-order chi connectivity index (χ1) is 9.65. The Hall–Kier alpha value is -2.89. The van der Waals surface area contributed by atoms with Crippen LogP contribution in [-0.4, -0.2) is 27.0 Å². The first-order valence-corrected chi connectivity index (χ1v) is 5.92. The maximum Gasteiger partial charge on any atom is 0.328 e. The smallest absolute Gasteiger partial charge is 0.328 e. The Labute approximate surface area is 115 Å². The standard InChI is InChI=1S/C14H13N3O3/c18-13(19)6-3-10-1-4-11(5-2-10)14(20)17-9-12-15-7-8-16-12/h1-8H,9H2,(H,15,16)(H,17,20)(H,18,19). The number of rotatable bonds is 5. The van der Waals surface area contributed by atoms with E-state index in [1.54, 1.807) is 36.7 Å². The molecule has 0 aliphatic rings. The van der Waals surface area contributed by atoms with Crippen molar-refractivity contribution in [3.8, 4) is 0 Å². The Kier molecular flexibility index (Phi) is 4.28. The molecule has 0 aliphatic heterocycles. The molecule has 0 spiro atoms. The van der Waals surface area contributed by atoms with Crippen molar-refractivity contribution < 1.29 is 14.7 Å². The van der Waals surface area contributed by atoms with Gasteiger partial charge in [-0.15, -0.1) is 0 Å². The SMILES string of the molecule is O=C(O)C=Cc1ccc(C(=O)NCc2ncc[nH]2)cc1. The lowest BCUT2D eigenvalue weighted by molar-refractivity contribution is -0.131. The van der Waals surface area contributed by atoms with Crippen molar-refractivity contribution >= 4 is 18.0 Å². The van der Waals surface area contributed by atoms with Crippen LogP contribution < -0.4 is 5.32 Å². The lowest BCUT2D eigenvalue weighted by atomic mass is 10.1. The number of benzene rings is 1. The van der Waals surface area contributed by atoms with Crippen LogP contribution in [0.1, 0.15) is 21.7 Å². The Morgan fingerprint density at radius 2 is 2.05 bits per heavy atom. The highest BCUT2D eigenvalue weighted by Gasteiger charge is 2.05. The van der Waals surface area contributed by atoms with Gasteiger partial charge in [-0.25, -0.2) is 9.78 Å². The van der Waals surface area contributed by atoms with Crippen LogP contribution in [0.3, 0.4) is 0 Å². The van der Waals surface area contributed by atoms with Gasteiger partial charge in [0.25, 0.3) is 5.91 Å². The maximum absolute atomic E-state index is 11.9. The van der Waals surface area contributed by atoms with Gasteiger partial charge in [-0.1, -0.05) is 12.1 Å². The lowest BCUT2D eigenvalue weighted by Gasteiger charge is -2.03. The summed E-state index contributed by atoms with van der Waals surface area (Å²) in [7, 11) is 0. The van der Waals surface area contributed by atoms with Crippen molar-refractivity contribution in [2.24, 2.45) is 0 Å². The summed E-state index contributed by atoms with van der Waals surface area (Å²) in [5.74, 6) is -0.542. The molecule has 6 nitrogen and oxygen atoms in total. The molecule has 20 heavy (non-hydrogen) atoms. The normalized spacial score (nSPS) is 10.6. The van der Waals surface area contributed by atoms with E-state index in [-0.39, 0.29) is 5.91 Å². The summed E-state index contributed by atoms with van der Waals surface area (Å²) in [6.07, 6.45) is 5.81. The quantitative estimate of drug-likeness (QED) is 0.717. The van der Waals surface area contributed by atoms with Gasteiger partial charge in [0.15, 0.2) is 0 Å². The van der Waals surface area contributed by atoms with E-state index in [0.29, 0.717) is 17.9 Å². The number of hydrogen-bond acceptors (Lipinski definition) is 3. The number of hydrogen-bond donors (Lipinski definition) is 3. The molecule has 0 saturated heterocycles. The first-order valence-electron chi connectivity index (χ1n) is 5.92. The fourth-order valence-electron chi connectivity index (χ4n) is 1.57. The Balaban J connectivity index is 1.95. The summed E-state index contributed by atoms with van der Waals surface area (Å²) >= 11 is 0. The molecule has 2 rings (SSSR count). The minimum absolute atomic E-state index is 0.213. The van der Waals surface area contributed by atoms with Crippen molar-refractivity contribution in [2.75, 3.05) is 0 Å². The number of aliphatic carboxylic acids is 1. The van der Waals surface area contributed by atoms with E-state index in [1.165, 1.54) is 6.08 Å². The number of aromatic amines is 1. The topological polar surface area (TPSA) is 95.1 Å². The number of amides is 1. The largest absolute Gasteiger partial charge is 0.478 e. The molecule has 0 bridgehead atoms. The number of carbonyl (C=O) groups is 2. The molecule has 1 heterocycles. The number of aromatic nitrogens is 2. The molecule has 2 aromatic rings. The van der Waals surface area contributed by atoms with E-state index in [9.17, 15) is 9.59 Å². The third-order valence-electron chi connectivity index (χ3n) is 2.56. The fourth-order valence-corrected chi connectivity index (χ4v) is 1.57. The van der Waals surface area contributed by atoms with Gasteiger partial charge in [0.05, 0.1) is 6.54 Å². The van der Waals surface area contributed by atoms with E-state index >= 15 is 0 Å². The Morgan fingerprint density at radius 3 is 2.65 bits per heavy atom. The highest BCUT2D eigenvalue weighted by atomic mass is 16.4. The number of nitrogens with zero attached hydrogens (tertiary/aromatic N) is 1. The van der Waals surface area contributed by atoms with Crippen LogP contribution in [0.15, 0.2) is 42.7 Å². The summed E-state index contributed by atoms with van der Waals surface area (Å²) in [6, 6.07) is 6.64. The second-order valence-electron chi connectivity index (χ2n) is 4.01. The third kappa shape index (κ3) is 3.81. The van der Waals surface area contributed by atoms with Crippen molar-refractivity contribution in [1.82, 2.24) is 15.3 Å². The minimum atomic E-state index is -1.01. The van der Waals surface area contributed by atoms with Crippen LogP contribution in [-0.2, 0) is 11.3 Å². The van der Waals surface area contributed by atoms with Crippen molar-refractivity contribution in [1.29, 1.82) is 0 Å². The monoisotopic (exact) mass is 271 g/mol. The highest BCUT2D eigenvalue weighted by molar-refractivity contribution is 5.94. The molecule has 0 saturated carbocycles. The molecular weight excluding hydrogens is 258 g/mol. The van der Waals surface area contributed by atoms with Crippen LogP contribution in [0.25, 0.3) is 6.08 Å². The molecule has 0 fully saturated rings. The average molecular weight is 271 g/mol. The molecule has 0 atom stereocenters. The van der Waals surface area contributed by atoms with E-state index in [1.807, 2.05) is 0 Å². The number of carbonyl (C=O) groups excluding carboxylic acids is 1. The van der Waals surface area contributed by atoms with E-state index < -0.39 is 5.97 Å². The molecule has 1 aromatic heterocycles. The predicted octanol–water partition coefficient (Wildman–Crippen LogP) is 1.44. The summed E-state index contributed by atoms with van der Waals surface area (Å²) in [5, 5.41) is 11.2. The van der Waals surface area contributed by atoms with E-state index in [0.717, 1.165) is 11.6 Å². The van der Waals surface area contributed by atoms with Crippen LogP contribution in [0.2, 0.25) is 0 Å². The van der Waals surface area contributed by atoms with E-state index in [2.05, 4.69) is 15.3 Å². The van der Waals surface area contributed by atoms with Crippen LogP contribution in [0, 0.1) is 0 Å². The molecule has 1 amide bonds. The van der Waals surface area contributed by atoms with E-state index in [4.69, 9.17) is 5.11 Å². The summed E-state index contributed by atoms with van der Waals surface area (Å²) in [5.41, 5.74) is 1.22. The molecule has 102 valence electrons. The molecule has 0 aliphatic carbocycles. The second-order valence-corrected chi connectivity index (χ2v) is 4.01. The first kappa shape index (κ1) is 13.5. The molecule has 6 heteroatoms. The molecular formula is C14H13N3O3. The fraction of sp³-hybridized carbons (Fsp3) is 0.0714. The zero-order valence-electron chi connectivity index (χ0n) is 10.5. The molecule has 0 radical (unpaired) electrons. The van der Waals surface area contributed by atoms with Gasteiger partial charge in [0.1, 0.15) is 5.82 Å². The maximum atomic E-state index is 11.9. The number of imidazole rings is 1. The van der Waals surface area contributed by atoms with Gasteiger partial charge in [-0.3, -0.25) is 4.79 Å². The van der Waals surface area contributed by atoms with Gasteiger partial charge in [-0.05, 0) is 23.8 Å². The zero-order chi connectivity index (χ0) is 14.4. The number of carboxylic acids is 1. The Bertz CT molecular complexity index is 616. The van der Waals surface area contributed by atoms with Crippen molar-refractivity contribution in [3.05, 3.63) is 59.7 Å². The third-order valence-corrected chi connectivity index (χ3v) is 2.56. The average Bonchev–Trinajstić information content (AvgIpc) is 2.96. The highest BCUT2D eigenvalue weighted by Crippen LogP contribution is 2.06. The lowest BCUT2D eigenvalue weighted by Crippen LogP contribution is -2.23.